The zero-order chi connectivity index (χ0) is 19.4. The summed E-state index contributed by atoms with van der Waals surface area (Å²) in [4.78, 5) is 25.6. The molecule has 1 saturated heterocycles. The first-order valence-corrected chi connectivity index (χ1v) is 9.43. The van der Waals surface area contributed by atoms with Crippen molar-refractivity contribution in [2.24, 2.45) is 11.3 Å². The van der Waals surface area contributed by atoms with Crippen LogP contribution in [0.15, 0.2) is 18.2 Å². The van der Waals surface area contributed by atoms with E-state index >= 15 is 0 Å². The minimum atomic E-state index is -0.121. The Morgan fingerprint density at radius 2 is 1.96 bits per heavy atom. The first kappa shape index (κ1) is 22.3. The lowest BCUT2D eigenvalue weighted by atomic mass is 9.92. The SMILES string of the molecule is COc1cc(CNC(=O)C2CC23CCNCC3)ccc1OCC(=O)N(C)C.Cl. The maximum Gasteiger partial charge on any atom is 0.259 e. The van der Waals surface area contributed by atoms with Crippen LogP contribution in [0, 0.1) is 11.3 Å². The Kier molecular flexibility index (Phi) is 7.55. The van der Waals surface area contributed by atoms with Crippen molar-refractivity contribution in [3.63, 3.8) is 0 Å². The Balaban J connectivity index is 0.00000280. The number of halogens is 1. The first-order chi connectivity index (χ1) is 12.9. The number of benzene rings is 1. The molecule has 7 nitrogen and oxygen atoms in total. The topological polar surface area (TPSA) is 79.9 Å². The van der Waals surface area contributed by atoms with E-state index in [4.69, 9.17) is 9.47 Å². The van der Waals surface area contributed by atoms with Crippen LogP contribution in [0.5, 0.6) is 11.5 Å². The van der Waals surface area contributed by atoms with Crippen molar-refractivity contribution in [1.29, 1.82) is 0 Å². The number of amides is 2. The summed E-state index contributed by atoms with van der Waals surface area (Å²) in [7, 11) is 4.93. The van der Waals surface area contributed by atoms with Crippen LogP contribution in [0.1, 0.15) is 24.8 Å². The summed E-state index contributed by atoms with van der Waals surface area (Å²) in [5, 5.41) is 6.41. The molecule has 1 atom stereocenters. The van der Waals surface area contributed by atoms with Crippen LogP contribution in [-0.4, -0.2) is 57.6 Å². The zero-order valence-corrected chi connectivity index (χ0v) is 17.6. The third-order valence-electron chi connectivity index (χ3n) is 5.65. The molecule has 156 valence electrons. The second-order valence-electron chi connectivity index (χ2n) is 7.65. The van der Waals surface area contributed by atoms with Gasteiger partial charge in [-0.05, 0) is 55.5 Å². The average Bonchev–Trinajstić information content (AvgIpc) is 3.37. The van der Waals surface area contributed by atoms with Crippen molar-refractivity contribution in [2.45, 2.75) is 25.8 Å². The van der Waals surface area contributed by atoms with Gasteiger partial charge in [0.05, 0.1) is 7.11 Å². The first-order valence-electron chi connectivity index (χ1n) is 9.43. The van der Waals surface area contributed by atoms with Crippen molar-refractivity contribution in [3.05, 3.63) is 23.8 Å². The minimum absolute atomic E-state index is 0. The van der Waals surface area contributed by atoms with E-state index in [0.717, 1.165) is 37.9 Å². The van der Waals surface area contributed by atoms with Gasteiger partial charge in [0.1, 0.15) is 0 Å². The van der Waals surface area contributed by atoms with Crippen molar-refractivity contribution in [2.75, 3.05) is 40.9 Å². The van der Waals surface area contributed by atoms with Crippen LogP contribution in [0.25, 0.3) is 0 Å². The molecule has 1 aliphatic carbocycles. The number of piperidine rings is 1. The summed E-state index contributed by atoms with van der Waals surface area (Å²) in [6.45, 7) is 2.44. The summed E-state index contributed by atoms with van der Waals surface area (Å²) in [5.41, 5.74) is 1.18. The molecule has 2 N–H and O–H groups in total. The Bertz CT molecular complexity index is 705. The van der Waals surface area contributed by atoms with Gasteiger partial charge in [-0.2, -0.15) is 0 Å². The Hall–Kier alpha value is -1.99. The van der Waals surface area contributed by atoms with Gasteiger partial charge < -0.3 is 25.0 Å². The maximum atomic E-state index is 12.5. The number of carbonyl (C=O) groups excluding carboxylic acids is 2. The van der Waals surface area contributed by atoms with Crippen LogP contribution >= 0.6 is 12.4 Å². The molecule has 2 amide bonds. The molecule has 3 rings (SSSR count). The van der Waals surface area contributed by atoms with Crippen molar-refractivity contribution in [3.8, 4) is 11.5 Å². The molecule has 28 heavy (non-hydrogen) atoms. The van der Waals surface area contributed by atoms with E-state index in [2.05, 4.69) is 10.6 Å². The molecular formula is C20H30ClN3O4. The quantitative estimate of drug-likeness (QED) is 0.712. The Morgan fingerprint density at radius 1 is 1.25 bits per heavy atom. The number of rotatable bonds is 7. The van der Waals surface area contributed by atoms with E-state index in [1.165, 1.54) is 4.90 Å². The summed E-state index contributed by atoms with van der Waals surface area (Å²) >= 11 is 0. The fraction of sp³-hybridized carbons (Fsp3) is 0.600. The van der Waals surface area contributed by atoms with Crippen LogP contribution in [-0.2, 0) is 16.1 Å². The van der Waals surface area contributed by atoms with E-state index in [0.29, 0.717) is 18.0 Å². The lowest BCUT2D eigenvalue weighted by Gasteiger charge is -2.23. The molecule has 1 aromatic carbocycles. The van der Waals surface area contributed by atoms with E-state index in [-0.39, 0.29) is 42.2 Å². The van der Waals surface area contributed by atoms with Gasteiger partial charge in [-0.15, -0.1) is 12.4 Å². The molecule has 1 heterocycles. The molecule has 1 aromatic rings. The second-order valence-corrected chi connectivity index (χ2v) is 7.65. The van der Waals surface area contributed by atoms with Crippen molar-refractivity contribution >= 4 is 24.2 Å². The van der Waals surface area contributed by atoms with Crippen molar-refractivity contribution < 1.29 is 19.1 Å². The number of nitrogens with zero attached hydrogens (tertiary/aromatic N) is 1. The highest BCUT2D eigenvalue weighted by Gasteiger charge is 2.57. The predicted molar refractivity (Wildman–Crippen MR) is 109 cm³/mol. The zero-order valence-electron chi connectivity index (χ0n) is 16.7. The van der Waals surface area contributed by atoms with Gasteiger partial charge >= 0.3 is 0 Å². The highest BCUT2D eigenvalue weighted by molar-refractivity contribution is 5.85. The number of likely N-dealkylation sites (N-methyl/N-ethyl adjacent to an activating group) is 1. The molecular weight excluding hydrogens is 382 g/mol. The van der Waals surface area contributed by atoms with E-state index in [1.807, 2.05) is 12.1 Å². The molecule has 1 aliphatic heterocycles. The largest absolute Gasteiger partial charge is 0.493 e. The van der Waals surface area contributed by atoms with Crippen LogP contribution in [0.3, 0.4) is 0 Å². The summed E-state index contributed by atoms with van der Waals surface area (Å²) in [6.07, 6.45) is 3.20. The van der Waals surface area contributed by atoms with Gasteiger partial charge in [0.25, 0.3) is 5.91 Å². The molecule has 1 unspecified atom stereocenters. The smallest absolute Gasteiger partial charge is 0.259 e. The number of carbonyl (C=O) groups is 2. The average molecular weight is 412 g/mol. The number of hydrogen-bond donors (Lipinski definition) is 2. The van der Waals surface area contributed by atoms with Crippen molar-refractivity contribution in [1.82, 2.24) is 15.5 Å². The summed E-state index contributed by atoms with van der Waals surface area (Å²) < 4.78 is 10.9. The number of ether oxygens (including phenoxy) is 2. The predicted octanol–water partition coefficient (Wildman–Crippen LogP) is 1.59. The molecule has 0 radical (unpaired) electrons. The Labute approximate surface area is 172 Å². The van der Waals surface area contributed by atoms with Gasteiger partial charge in [-0.25, -0.2) is 0 Å². The lowest BCUT2D eigenvalue weighted by molar-refractivity contribution is -0.130. The molecule has 1 spiro atoms. The third kappa shape index (κ3) is 5.08. The number of methoxy groups -OCH3 is 1. The highest BCUT2D eigenvalue weighted by atomic mass is 35.5. The number of nitrogens with one attached hydrogen (secondary N) is 2. The molecule has 1 saturated carbocycles. The van der Waals surface area contributed by atoms with Crippen LogP contribution in [0.4, 0.5) is 0 Å². The van der Waals surface area contributed by atoms with Gasteiger partial charge in [0, 0.05) is 26.6 Å². The maximum absolute atomic E-state index is 12.5. The van der Waals surface area contributed by atoms with Gasteiger partial charge in [0.15, 0.2) is 18.1 Å². The monoisotopic (exact) mass is 411 g/mol. The number of hydrogen-bond acceptors (Lipinski definition) is 5. The lowest BCUT2D eigenvalue weighted by Crippen LogP contribution is -2.33. The van der Waals surface area contributed by atoms with Gasteiger partial charge in [-0.1, -0.05) is 6.07 Å². The molecule has 0 aromatic heterocycles. The highest BCUT2D eigenvalue weighted by Crippen LogP contribution is 2.58. The molecule has 8 heteroatoms. The third-order valence-corrected chi connectivity index (χ3v) is 5.65. The normalized spacial score (nSPS) is 19.3. The fourth-order valence-electron chi connectivity index (χ4n) is 3.72. The molecule has 0 bridgehead atoms. The Morgan fingerprint density at radius 3 is 2.61 bits per heavy atom. The summed E-state index contributed by atoms with van der Waals surface area (Å²) in [6, 6.07) is 5.49. The van der Waals surface area contributed by atoms with E-state index in [9.17, 15) is 9.59 Å². The summed E-state index contributed by atoms with van der Waals surface area (Å²) in [5.74, 6) is 1.24. The van der Waals surface area contributed by atoms with E-state index in [1.54, 1.807) is 27.3 Å². The van der Waals surface area contributed by atoms with Gasteiger partial charge in [0.2, 0.25) is 5.91 Å². The molecule has 2 aliphatic rings. The minimum Gasteiger partial charge on any atom is -0.493 e. The van der Waals surface area contributed by atoms with Crippen LogP contribution < -0.4 is 20.1 Å². The van der Waals surface area contributed by atoms with E-state index < -0.39 is 0 Å². The fourth-order valence-corrected chi connectivity index (χ4v) is 3.72. The van der Waals surface area contributed by atoms with Gasteiger partial charge in [-0.3, -0.25) is 9.59 Å². The second kappa shape index (κ2) is 9.47. The standard InChI is InChI=1S/C20H29N3O4.ClH/c1-23(2)18(24)13-27-16-5-4-14(10-17(16)26-3)12-22-19(25)15-11-20(15)6-8-21-9-7-20;/h4-5,10,15,21H,6-9,11-13H2,1-3H3,(H,22,25);1H. The van der Waals surface area contributed by atoms with Crippen LogP contribution in [0.2, 0.25) is 0 Å². The molecule has 2 fully saturated rings.